The summed E-state index contributed by atoms with van der Waals surface area (Å²) in [5, 5.41) is 0. The summed E-state index contributed by atoms with van der Waals surface area (Å²) in [6.07, 6.45) is 10.1. The predicted octanol–water partition coefficient (Wildman–Crippen LogP) is 5.42. The van der Waals surface area contributed by atoms with Crippen molar-refractivity contribution in [3.05, 3.63) is 35.4 Å². The topological polar surface area (TPSA) is 26.0 Å². The summed E-state index contributed by atoms with van der Waals surface area (Å²) in [7, 11) is 0. The van der Waals surface area contributed by atoms with Gasteiger partial charge in [0.25, 0.3) is 0 Å². The third kappa shape index (κ3) is 4.57. The summed E-state index contributed by atoms with van der Waals surface area (Å²) in [4.78, 5) is 0. The molecule has 2 rings (SSSR count). The van der Waals surface area contributed by atoms with Gasteiger partial charge in [0.1, 0.15) is 0 Å². The van der Waals surface area contributed by atoms with Gasteiger partial charge in [-0.2, -0.15) is 0 Å². The lowest BCUT2D eigenvalue weighted by Crippen LogP contribution is -2.36. The van der Waals surface area contributed by atoms with Gasteiger partial charge in [0.05, 0.1) is 0 Å². The molecule has 1 heteroatoms. The highest BCUT2D eigenvalue weighted by molar-refractivity contribution is 5.30. The van der Waals surface area contributed by atoms with Crippen molar-refractivity contribution in [2.24, 2.45) is 17.6 Å². The summed E-state index contributed by atoms with van der Waals surface area (Å²) >= 11 is 0. The van der Waals surface area contributed by atoms with Crippen LogP contribution in [-0.2, 0) is 12.0 Å². The van der Waals surface area contributed by atoms with Crippen LogP contribution in [-0.4, -0.2) is 0 Å². The minimum atomic E-state index is -0.0878. The van der Waals surface area contributed by atoms with E-state index in [1.54, 1.807) is 0 Å². The highest BCUT2D eigenvalue weighted by Gasteiger charge is 2.30. The summed E-state index contributed by atoms with van der Waals surface area (Å²) in [5.41, 5.74) is 9.57. The Kier molecular flexibility index (Phi) is 5.87. The van der Waals surface area contributed by atoms with Crippen LogP contribution in [0.25, 0.3) is 0 Å². The number of benzene rings is 1. The molecule has 1 aromatic rings. The van der Waals surface area contributed by atoms with Crippen LogP contribution in [0, 0.1) is 11.8 Å². The minimum Gasteiger partial charge on any atom is -0.321 e. The van der Waals surface area contributed by atoms with Crippen LogP contribution in [0.1, 0.15) is 76.8 Å². The van der Waals surface area contributed by atoms with Crippen LogP contribution in [0.15, 0.2) is 24.3 Å². The number of rotatable bonds is 5. The van der Waals surface area contributed by atoms with Gasteiger partial charge in [-0.3, -0.25) is 0 Å². The van der Waals surface area contributed by atoms with E-state index >= 15 is 0 Å². The van der Waals surface area contributed by atoms with Crippen molar-refractivity contribution in [3.63, 3.8) is 0 Å². The number of hydrogen-bond acceptors (Lipinski definition) is 1. The highest BCUT2D eigenvalue weighted by atomic mass is 14.7. The fraction of sp³-hybridized carbons (Fsp3) is 0.700. The molecule has 118 valence electrons. The summed E-state index contributed by atoms with van der Waals surface area (Å²) in [6, 6.07) is 9.09. The molecule has 2 unspecified atom stereocenters. The average molecular weight is 287 g/mol. The molecule has 0 radical (unpaired) electrons. The Labute approximate surface area is 131 Å². The average Bonchev–Trinajstić information content (AvgIpc) is 2.62. The Hall–Kier alpha value is -0.820. The van der Waals surface area contributed by atoms with Gasteiger partial charge in [-0.1, -0.05) is 70.7 Å². The Morgan fingerprint density at radius 2 is 2.05 bits per heavy atom. The smallest absolute Gasteiger partial charge is 0.0409 e. The van der Waals surface area contributed by atoms with Crippen molar-refractivity contribution >= 4 is 0 Å². The van der Waals surface area contributed by atoms with E-state index in [4.69, 9.17) is 5.73 Å². The van der Waals surface area contributed by atoms with Gasteiger partial charge in [0.2, 0.25) is 0 Å². The maximum atomic E-state index is 6.84. The second kappa shape index (κ2) is 7.45. The molecule has 2 atom stereocenters. The molecule has 0 aromatic heterocycles. The molecule has 0 saturated heterocycles. The van der Waals surface area contributed by atoms with Crippen LogP contribution >= 0.6 is 0 Å². The van der Waals surface area contributed by atoms with Crippen molar-refractivity contribution in [1.29, 1.82) is 0 Å². The van der Waals surface area contributed by atoms with Gasteiger partial charge >= 0.3 is 0 Å². The van der Waals surface area contributed by atoms with Crippen molar-refractivity contribution < 1.29 is 0 Å². The molecule has 1 saturated carbocycles. The minimum absolute atomic E-state index is 0.0878. The molecule has 0 aliphatic heterocycles. The van der Waals surface area contributed by atoms with Gasteiger partial charge in [0.15, 0.2) is 0 Å². The van der Waals surface area contributed by atoms with E-state index in [1.165, 1.54) is 43.2 Å². The third-order valence-corrected chi connectivity index (χ3v) is 5.08. The van der Waals surface area contributed by atoms with Gasteiger partial charge in [-0.15, -0.1) is 0 Å². The molecule has 1 aliphatic carbocycles. The Morgan fingerprint density at radius 1 is 1.24 bits per heavy atom. The zero-order valence-corrected chi connectivity index (χ0v) is 14.2. The Morgan fingerprint density at radius 3 is 2.76 bits per heavy atom. The van der Waals surface area contributed by atoms with Gasteiger partial charge < -0.3 is 5.73 Å². The molecular weight excluding hydrogens is 254 g/mol. The van der Waals surface area contributed by atoms with Crippen LogP contribution in [0.3, 0.4) is 0 Å². The molecule has 1 fully saturated rings. The maximum absolute atomic E-state index is 6.84. The normalized spacial score (nSPS) is 26.8. The van der Waals surface area contributed by atoms with E-state index in [1.807, 2.05) is 0 Å². The Balaban J connectivity index is 2.12. The van der Waals surface area contributed by atoms with E-state index in [9.17, 15) is 0 Å². The summed E-state index contributed by atoms with van der Waals surface area (Å²) in [5.74, 6) is 1.61. The quantitative estimate of drug-likeness (QED) is 0.719. The number of hydrogen-bond donors (Lipinski definition) is 1. The maximum Gasteiger partial charge on any atom is 0.0409 e. The zero-order valence-electron chi connectivity index (χ0n) is 14.2. The fourth-order valence-corrected chi connectivity index (χ4v) is 3.90. The molecule has 2 N–H and O–H groups in total. The summed E-state index contributed by atoms with van der Waals surface area (Å²) in [6.45, 7) is 6.87. The third-order valence-electron chi connectivity index (χ3n) is 5.08. The largest absolute Gasteiger partial charge is 0.321 e. The van der Waals surface area contributed by atoms with Crippen LogP contribution < -0.4 is 5.73 Å². The van der Waals surface area contributed by atoms with Crippen molar-refractivity contribution in [2.75, 3.05) is 0 Å². The van der Waals surface area contributed by atoms with Crippen molar-refractivity contribution in [2.45, 2.75) is 77.7 Å². The highest BCUT2D eigenvalue weighted by Crippen LogP contribution is 2.37. The van der Waals surface area contributed by atoms with E-state index in [2.05, 4.69) is 45.0 Å². The van der Waals surface area contributed by atoms with Crippen molar-refractivity contribution in [1.82, 2.24) is 0 Å². The first-order valence-electron chi connectivity index (χ1n) is 8.92. The van der Waals surface area contributed by atoms with E-state index in [-0.39, 0.29) is 5.54 Å². The molecule has 1 nitrogen and oxygen atoms in total. The van der Waals surface area contributed by atoms with Gasteiger partial charge in [-0.25, -0.2) is 0 Å². The molecule has 0 bridgehead atoms. The second-order valence-electron chi connectivity index (χ2n) is 7.54. The lowest BCUT2D eigenvalue weighted by atomic mass is 9.82. The fourth-order valence-electron chi connectivity index (χ4n) is 3.90. The van der Waals surface area contributed by atoms with Crippen molar-refractivity contribution in [3.8, 4) is 0 Å². The zero-order chi connectivity index (χ0) is 15.3. The lowest BCUT2D eigenvalue weighted by Gasteiger charge is -2.29. The second-order valence-corrected chi connectivity index (χ2v) is 7.54. The molecular formula is C20H33N. The first-order chi connectivity index (χ1) is 10.0. The molecule has 21 heavy (non-hydrogen) atoms. The monoisotopic (exact) mass is 287 g/mol. The van der Waals surface area contributed by atoms with Gasteiger partial charge in [0, 0.05) is 5.54 Å². The first kappa shape index (κ1) is 16.5. The lowest BCUT2D eigenvalue weighted by molar-refractivity contribution is 0.367. The molecule has 1 aliphatic rings. The van der Waals surface area contributed by atoms with Gasteiger partial charge in [-0.05, 0) is 48.6 Å². The SMILES string of the molecule is CCCC1CCCC(N)(c2cccc(CC(C)C)c2)CC1. The summed E-state index contributed by atoms with van der Waals surface area (Å²) < 4.78 is 0. The molecule has 0 spiro atoms. The Bertz CT molecular complexity index is 437. The molecule has 0 amide bonds. The van der Waals surface area contributed by atoms with Crippen LogP contribution in [0.2, 0.25) is 0 Å². The van der Waals surface area contributed by atoms with E-state index in [0.717, 1.165) is 25.2 Å². The first-order valence-corrected chi connectivity index (χ1v) is 8.92. The molecule has 1 aromatic carbocycles. The van der Waals surface area contributed by atoms with Crippen LogP contribution in [0.5, 0.6) is 0 Å². The molecule has 0 heterocycles. The standard InChI is InChI=1S/C20H33N/c1-4-7-17-9-6-12-20(21,13-11-17)19-10-5-8-18(15-19)14-16(2)3/h5,8,10,15-17H,4,6-7,9,11-14,21H2,1-3H3. The van der Waals surface area contributed by atoms with E-state index in [0.29, 0.717) is 5.92 Å². The van der Waals surface area contributed by atoms with E-state index < -0.39 is 0 Å². The predicted molar refractivity (Wildman–Crippen MR) is 92.3 cm³/mol. The number of nitrogens with two attached hydrogens (primary N) is 1. The van der Waals surface area contributed by atoms with Crippen LogP contribution in [0.4, 0.5) is 0 Å².